The van der Waals surface area contributed by atoms with Crippen LogP contribution < -0.4 is 0 Å². The molecule has 9 heteroatoms. The highest BCUT2D eigenvalue weighted by Crippen LogP contribution is 2.49. The fraction of sp³-hybridized carbons (Fsp3) is 0. The number of nitrogens with zero attached hydrogens (tertiary/aromatic N) is 7. The SMILES string of the molecule is Clc1nc(-c2ccc3ccccc3c2)c2ccccc2n1.c1ccc2c(c1)ccc1c3cc4c5ccccc5[nH]c4c4c5ccccc5n(c21)c34.c1ccc2cc(-c3nc(-n4c5ccccc5c5cc6c7ccc8ccccc8c7n7c8ccccc8c(c54)c67)nc4ccccc34)ccc2c1. The van der Waals surface area contributed by atoms with Gasteiger partial charge in [-0.05, 0) is 105 Å². The molecule has 0 aliphatic rings. The molecule has 16 aromatic carbocycles. The van der Waals surface area contributed by atoms with E-state index in [1.165, 1.54) is 152 Å². The van der Waals surface area contributed by atoms with Crippen LogP contribution in [-0.2, 0) is 0 Å². The van der Waals surface area contributed by atoms with Gasteiger partial charge in [-0.15, -0.1) is 0 Å². The number of hydrogen-bond acceptors (Lipinski definition) is 4. The Morgan fingerprint density at radius 1 is 0.257 bits per heavy atom. The first-order chi connectivity index (χ1) is 50.0. The van der Waals surface area contributed by atoms with E-state index in [0.29, 0.717) is 5.95 Å². The van der Waals surface area contributed by atoms with E-state index in [2.05, 4.69) is 307 Å². The molecule has 0 saturated heterocycles. The summed E-state index contributed by atoms with van der Waals surface area (Å²) in [4.78, 5) is 23.2. The van der Waals surface area contributed by atoms with Crippen LogP contribution in [-0.4, -0.2) is 38.3 Å². The predicted octanol–water partition coefficient (Wildman–Crippen LogP) is 24.6. The van der Waals surface area contributed by atoms with E-state index in [1.807, 2.05) is 36.4 Å². The third kappa shape index (κ3) is 8.13. The third-order valence-electron chi connectivity index (χ3n) is 21.2. The average molecular weight is 1310 g/mol. The van der Waals surface area contributed by atoms with Crippen molar-refractivity contribution in [3.63, 3.8) is 0 Å². The Kier molecular flexibility index (Phi) is 11.8. The van der Waals surface area contributed by atoms with Gasteiger partial charge in [0.1, 0.15) is 0 Å². The Morgan fingerprint density at radius 2 is 0.683 bits per heavy atom. The first-order valence-electron chi connectivity index (χ1n) is 34.2. The minimum atomic E-state index is 0.275. The predicted molar refractivity (Wildman–Crippen MR) is 424 cm³/mol. The number of aromatic nitrogens is 8. The topological polar surface area (TPSA) is 81.1 Å². The zero-order chi connectivity index (χ0) is 66.1. The monoisotopic (exact) mass is 1300 g/mol. The van der Waals surface area contributed by atoms with Crippen LogP contribution in [0.15, 0.2) is 315 Å². The second kappa shape index (κ2) is 21.4. The van der Waals surface area contributed by atoms with Crippen molar-refractivity contribution in [2.24, 2.45) is 0 Å². The number of fused-ring (bicyclic) bond motifs is 28. The van der Waals surface area contributed by atoms with Crippen LogP contribution in [0.25, 0.3) is 213 Å². The molecule has 0 saturated carbocycles. The van der Waals surface area contributed by atoms with Gasteiger partial charge in [0.25, 0.3) is 0 Å². The summed E-state index contributed by atoms with van der Waals surface area (Å²) in [5.74, 6) is 0.672. The van der Waals surface area contributed by atoms with Crippen molar-refractivity contribution in [1.82, 2.24) is 38.3 Å². The molecule has 0 unspecified atom stereocenters. The second-order valence-corrected chi connectivity index (χ2v) is 26.9. The molecule has 0 aliphatic carbocycles. The Balaban J connectivity index is 0.000000107. The summed E-state index contributed by atoms with van der Waals surface area (Å²) in [6, 6.07) is 112. The molecule has 24 aromatic rings. The lowest BCUT2D eigenvalue weighted by molar-refractivity contribution is 1.02. The highest BCUT2D eigenvalue weighted by Gasteiger charge is 2.28. The van der Waals surface area contributed by atoms with Crippen LogP contribution in [0.3, 0.4) is 0 Å². The normalized spacial score (nSPS) is 12.2. The first kappa shape index (κ1) is 55.8. The van der Waals surface area contributed by atoms with E-state index < -0.39 is 0 Å². The lowest BCUT2D eigenvalue weighted by atomic mass is 10.0. The van der Waals surface area contributed by atoms with Crippen molar-refractivity contribution in [2.75, 3.05) is 0 Å². The quantitative estimate of drug-likeness (QED) is 0.179. The molecule has 0 amide bonds. The molecule has 0 aliphatic heterocycles. The number of H-pyrrole nitrogens is 1. The van der Waals surface area contributed by atoms with Gasteiger partial charge in [-0.3, -0.25) is 4.57 Å². The van der Waals surface area contributed by atoms with Crippen molar-refractivity contribution in [2.45, 2.75) is 0 Å². The molecular formula is C92H53ClN8. The molecule has 0 atom stereocenters. The van der Waals surface area contributed by atoms with Crippen molar-refractivity contribution < 1.29 is 0 Å². The maximum absolute atomic E-state index is 6.07. The number of hydrogen-bond donors (Lipinski definition) is 1. The summed E-state index contributed by atoms with van der Waals surface area (Å²) in [5.41, 5.74) is 18.0. The van der Waals surface area contributed by atoms with E-state index in [1.54, 1.807) is 0 Å². The smallest absolute Gasteiger partial charge is 0.235 e. The molecule has 24 rings (SSSR count). The fourth-order valence-corrected chi connectivity index (χ4v) is 17.1. The van der Waals surface area contributed by atoms with Crippen LogP contribution >= 0.6 is 11.6 Å². The summed E-state index contributed by atoms with van der Waals surface area (Å²) in [6.07, 6.45) is 0. The van der Waals surface area contributed by atoms with E-state index in [-0.39, 0.29) is 5.28 Å². The van der Waals surface area contributed by atoms with Crippen molar-refractivity contribution >= 4 is 196 Å². The summed E-state index contributed by atoms with van der Waals surface area (Å²) in [7, 11) is 0. The number of rotatable bonds is 3. The van der Waals surface area contributed by atoms with E-state index in [9.17, 15) is 0 Å². The summed E-state index contributed by atoms with van der Waals surface area (Å²) in [6.45, 7) is 0. The van der Waals surface area contributed by atoms with Gasteiger partial charge in [0.2, 0.25) is 11.2 Å². The van der Waals surface area contributed by atoms with Gasteiger partial charge in [0.15, 0.2) is 0 Å². The van der Waals surface area contributed by atoms with E-state index >= 15 is 0 Å². The second-order valence-electron chi connectivity index (χ2n) is 26.6. The highest BCUT2D eigenvalue weighted by atomic mass is 35.5. The molecule has 101 heavy (non-hydrogen) atoms. The fourth-order valence-electron chi connectivity index (χ4n) is 16.9. The zero-order valence-electron chi connectivity index (χ0n) is 54.0. The van der Waals surface area contributed by atoms with E-state index in [4.69, 9.17) is 21.6 Å². The maximum atomic E-state index is 6.07. The average Bonchev–Trinajstić information content (AvgIpc) is 1.52. The van der Waals surface area contributed by atoms with Gasteiger partial charge in [-0.2, -0.15) is 0 Å². The highest BCUT2D eigenvalue weighted by molar-refractivity contribution is 6.37. The molecule has 8 heterocycles. The van der Waals surface area contributed by atoms with E-state index in [0.717, 1.165) is 55.4 Å². The molecule has 0 fully saturated rings. The van der Waals surface area contributed by atoms with Crippen molar-refractivity contribution in [3.05, 3.63) is 321 Å². The van der Waals surface area contributed by atoms with Crippen molar-refractivity contribution in [3.8, 4) is 28.5 Å². The van der Waals surface area contributed by atoms with Crippen molar-refractivity contribution in [1.29, 1.82) is 0 Å². The molecule has 0 radical (unpaired) electrons. The van der Waals surface area contributed by atoms with Crippen LogP contribution in [0, 0.1) is 0 Å². The molecular weight excluding hydrogens is 1250 g/mol. The minimum Gasteiger partial charge on any atom is -0.354 e. The Morgan fingerprint density at radius 3 is 1.29 bits per heavy atom. The zero-order valence-corrected chi connectivity index (χ0v) is 54.8. The van der Waals surface area contributed by atoms with Gasteiger partial charge in [0.05, 0.1) is 72.1 Å². The number of para-hydroxylation sites is 6. The Labute approximate surface area is 580 Å². The Hall–Kier alpha value is -13.3. The van der Waals surface area contributed by atoms with Gasteiger partial charge in [0, 0.05) is 103 Å². The molecule has 8 nitrogen and oxygen atoms in total. The lowest BCUT2D eigenvalue weighted by Gasteiger charge is -2.13. The summed E-state index contributed by atoms with van der Waals surface area (Å²) in [5, 5.41) is 27.5. The largest absolute Gasteiger partial charge is 0.354 e. The summed E-state index contributed by atoms with van der Waals surface area (Å²) >= 11 is 6.07. The van der Waals surface area contributed by atoms with Crippen LogP contribution in [0.2, 0.25) is 5.28 Å². The first-order valence-corrected chi connectivity index (χ1v) is 34.6. The van der Waals surface area contributed by atoms with Crippen LogP contribution in [0.1, 0.15) is 0 Å². The molecule has 468 valence electrons. The van der Waals surface area contributed by atoms with Gasteiger partial charge in [-0.1, -0.05) is 255 Å². The van der Waals surface area contributed by atoms with Gasteiger partial charge >= 0.3 is 0 Å². The Bertz CT molecular complexity index is 7620. The number of benzene rings is 16. The minimum absolute atomic E-state index is 0.275. The number of nitrogens with one attached hydrogen (secondary N) is 1. The molecule has 1 N–H and O–H groups in total. The number of halogens is 1. The molecule has 0 spiro atoms. The van der Waals surface area contributed by atoms with Crippen LogP contribution in [0.5, 0.6) is 0 Å². The summed E-state index contributed by atoms with van der Waals surface area (Å²) < 4.78 is 7.31. The lowest BCUT2D eigenvalue weighted by Crippen LogP contribution is -2.03. The third-order valence-corrected chi connectivity index (χ3v) is 21.4. The molecule has 8 aromatic heterocycles. The maximum Gasteiger partial charge on any atom is 0.235 e. The molecule has 0 bridgehead atoms. The van der Waals surface area contributed by atoms with Crippen LogP contribution in [0.4, 0.5) is 0 Å². The standard InChI is InChI=1S/C46H26N4.C28H16N2.C18H11ClN2/c1-2-13-29-25-30(22-21-27(29)11-1)42-34-16-5-8-18-38(34)47-46(48-42)50-39-19-9-6-15-32(39)36-26-37-33-24-23-28-12-3-4-14-31(28)43(33)49-40-20-10-7-17-35(40)41(44(37)49)45(36)50;1-2-8-17-16(7-1)13-14-19-22-15-21-18-9-3-5-11-23(18)29-26(21)25-20-10-4-6-12-24(20)30(27(17)19)28(22)25;19-18-20-16-8-4-3-7-15(16)17(21-18)14-10-9-12-5-1-2-6-13(12)11-14/h1-26H;1-15,29H;1-11H. The number of aromatic amines is 1. The van der Waals surface area contributed by atoms with Gasteiger partial charge in [-0.25, -0.2) is 19.9 Å². The van der Waals surface area contributed by atoms with Gasteiger partial charge < -0.3 is 13.8 Å².